The number of rotatable bonds is 2. The second-order valence-corrected chi connectivity index (χ2v) is 5.21. The van der Waals surface area contributed by atoms with E-state index < -0.39 is 0 Å². The number of nitrogens with zero attached hydrogens (tertiary/aromatic N) is 1. The number of hydrogen-bond donors (Lipinski definition) is 1. The molecule has 82 valence electrons. The molecule has 2 aliphatic heterocycles. The number of nitrogens with one attached hydrogen (secondary N) is 1. The molecular weight excluding hydrogens is 172 g/mol. The highest BCUT2D eigenvalue weighted by molar-refractivity contribution is 4.82. The van der Waals surface area contributed by atoms with Crippen LogP contribution in [-0.4, -0.2) is 37.1 Å². The summed E-state index contributed by atoms with van der Waals surface area (Å²) < 4.78 is 0. The maximum atomic E-state index is 3.46. The van der Waals surface area contributed by atoms with Crippen LogP contribution in [0.5, 0.6) is 0 Å². The molecule has 0 spiro atoms. The lowest BCUT2D eigenvalue weighted by Gasteiger charge is -2.39. The Morgan fingerprint density at radius 1 is 1.29 bits per heavy atom. The van der Waals surface area contributed by atoms with Crippen LogP contribution >= 0.6 is 0 Å². The lowest BCUT2D eigenvalue weighted by Crippen LogP contribution is -2.44. The van der Waals surface area contributed by atoms with Crippen LogP contribution in [0.1, 0.15) is 33.1 Å². The highest BCUT2D eigenvalue weighted by Gasteiger charge is 2.27. The van der Waals surface area contributed by atoms with Gasteiger partial charge in [0.15, 0.2) is 0 Å². The minimum absolute atomic E-state index is 0.810. The summed E-state index contributed by atoms with van der Waals surface area (Å²) in [4.78, 5) is 2.71. The summed E-state index contributed by atoms with van der Waals surface area (Å²) in [5.74, 6) is 1.82. The number of likely N-dealkylation sites (tertiary alicyclic amines) is 1. The van der Waals surface area contributed by atoms with Gasteiger partial charge >= 0.3 is 0 Å². The van der Waals surface area contributed by atoms with Gasteiger partial charge in [0.25, 0.3) is 0 Å². The van der Waals surface area contributed by atoms with Crippen LogP contribution in [0.3, 0.4) is 0 Å². The van der Waals surface area contributed by atoms with E-state index in [1.54, 1.807) is 0 Å². The molecule has 0 saturated carbocycles. The van der Waals surface area contributed by atoms with Crippen LogP contribution in [0.4, 0.5) is 0 Å². The van der Waals surface area contributed by atoms with Crippen LogP contribution in [0.15, 0.2) is 0 Å². The van der Waals surface area contributed by atoms with Crippen molar-refractivity contribution in [1.29, 1.82) is 0 Å². The summed E-state index contributed by atoms with van der Waals surface area (Å²) in [7, 11) is 0. The molecule has 3 atom stereocenters. The third kappa shape index (κ3) is 2.29. The van der Waals surface area contributed by atoms with Crippen molar-refractivity contribution in [2.75, 3.05) is 26.2 Å². The first kappa shape index (κ1) is 10.4. The molecule has 0 aromatic heterocycles. The van der Waals surface area contributed by atoms with Gasteiger partial charge in [-0.3, -0.25) is 0 Å². The monoisotopic (exact) mass is 196 g/mol. The first-order valence-electron chi connectivity index (χ1n) is 6.22. The first-order valence-corrected chi connectivity index (χ1v) is 6.22. The third-order valence-corrected chi connectivity index (χ3v) is 4.16. The normalized spacial score (nSPS) is 40.3. The van der Waals surface area contributed by atoms with Gasteiger partial charge in [-0.1, -0.05) is 6.92 Å². The maximum absolute atomic E-state index is 3.46. The van der Waals surface area contributed by atoms with E-state index in [2.05, 4.69) is 24.1 Å². The Morgan fingerprint density at radius 3 is 2.86 bits per heavy atom. The summed E-state index contributed by atoms with van der Waals surface area (Å²) in [5.41, 5.74) is 0. The van der Waals surface area contributed by atoms with Crippen molar-refractivity contribution >= 4 is 0 Å². The first-order chi connectivity index (χ1) is 6.77. The van der Waals surface area contributed by atoms with Gasteiger partial charge in [0.2, 0.25) is 0 Å². The minimum Gasteiger partial charge on any atom is -0.316 e. The van der Waals surface area contributed by atoms with Gasteiger partial charge < -0.3 is 10.2 Å². The average molecular weight is 196 g/mol. The highest BCUT2D eigenvalue weighted by Crippen LogP contribution is 2.24. The van der Waals surface area contributed by atoms with E-state index in [0.717, 1.165) is 17.9 Å². The van der Waals surface area contributed by atoms with Crippen molar-refractivity contribution in [2.45, 2.75) is 39.2 Å². The Bertz CT molecular complexity index is 175. The van der Waals surface area contributed by atoms with Crippen molar-refractivity contribution in [1.82, 2.24) is 10.2 Å². The lowest BCUT2D eigenvalue weighted by atomic mass is 9.91. The molecule has 2 heteroatoms. The van der Waals surface area contributed by atoms with E-state index in [1.807, 2.05) is 0 Å². The number of hydrogen-bond acceptors (Lipinski definition) is 2. The summed E-state index contributed by atoms with van der Waals surface area (Å²) >= 11 is 0. The van der Waals surface area contributed by atoms with E-state index >= 15 is 0 Å². The summed E-state index contributed by atoms with van der Waals surface area (Å²) in [6.07, 6.45) is 4.23. The second-order valence-electron chi connectivity index (χ2n) is 5.21. The van der Waals surface area contributed by atoms with Gasteiger partial charge in [-0.25, -0.2) is 0 Å². The molecule has 1 N–H and O–H groups in total. The highest BCUT2D eigenvalue weighted by atomic mass is 15.2. The zero-order valence-electron chi connectivity index (χ0n) is 9.63. The Kier molecular flexibility index (Phi) is 3.45. The smallest absolute Gasteiger partial charge is 0.00926 e. The molecule has 2 saturated heterocycles. The molecule has 14 heavy (non-hydrogen) atoms. The molecule has 2 nitrogen and oxygen atoms in total. The van der Waals surface area contributed by atoms with Crippen LogP contribution in [0.25, 0.3) is 0 Å². The van der Waals surface area contributed by atoms with Gasteiger partial charge in [-0.15, -0.1) is 0 Å². The minimum atomic E-state index is 0.810. The van der Waals surface area contributed by atoms with Crippen molar-refractivity contribution in [2.24, 2.45) is 11.8 Å². The molecule has 0 aromatic rings. The third-order valence-electron chi connectivity index (χ3n) is 4.16. The fraction of sp³-hybridized carbons (Fsp3) is 1.00. The molecule has 0 amide bonds. The zero-order chi connectivity index (χ0) is 9.97. The molecule has 0 bridgehead atoms. The van der Waals surface area contributed by atoms with Crippen molar-refractivity contribution in [3.05, 3.63) is 0 Å². The van der Waals surface area contributed by atoms with Crippen LogP contribution in [0.2, 0.25) is 0 Å². The Hall–Kier alpha value is -0.0800. The fourth-order valence-corrected chi connectivity index (χ4v) is 2.88. The van der Waals surface area contributed by atoms with Crippen LogP contribution in [0, 0.1) is 11.8 Å². The molecule has 0 aromatic carbocycles. The van der Waals surface area contributed by atoms with Gasteiger partial charge in [-0.05, 0) is 57.7 Å². The van der Waals surface area contributed by atoms with Crippen molar-refractivity contribution < 1.29 is 0 Å². The summed E-state index contributed by atoms with van der Waals surface area (Å²) in [6, 6.07) is 0.810. The maximum Gasteiger partial charge on any atom is 0.00926 e. The molecule has 2 aliphatic rings. The van der Waals surface area contributed by atoms with Crippen LogP contribution in [-0.2, 0) is 0 Å². The fourth-order valence-electron chi connectivity index (χ4n) is 2.88. The van der Waals surface area contributed by atoms with Gasteiger partial charge in [0.1, 0.15) is 0 Å². The molecule has 2 heterocycles. The molecule has 3 unspecified atom stereocenters. The summed E-state index contributed by atoms with van der Waals surface area (Å²) in [5, 5.41) is 3.46. The second kappa shape index (κ2) is 4.63. The zero-order valence-corrected chi connectivity index (χ0v) is 9.63. The van der Waals surface area contributed by atoms with Gasteiger partial charge in [0, 0.05) is 12.6 Å². The summed E-state index contributed by atoms with van der Waals surface area (Å²) in [6.45, 7) is 9.97. The van der Waals surface area contributed by atoms with E-state index in [4.69, 9.17) is 0 Å². The van der Waals surface area contributed by atoms with Gasteiger partial charge in [0.05, 0.1) is 0 Å². The molecule has 0 aliphatic carbocycles. The lowest BCUT2D eigenvalue weighted by molar-refractivity contribution is 0.0982. The molecular formula is C12H24N2. The quantitative estimate of drug-likeness (QED) is 0.723. The van der Waals surface area contributed by atoms with Crippen LogP contribution < -0.4 is 5.32 Å². The van der Waals surface area contributed by atoms with E-state index in [-0.39, 0.29) is 0 Å². The van der Waals surface area contributed by atoms with E-state index in [0.29, 0.717) is 0 Å². The average Bonchev–Trinajstić information content (AvgIpc) is 2.66. The van der Waals surface area contributed by atoms with Crippen molar-refractivity contribution in [3.8, 4) is 0 Å². The molecule has 2 fully saturated rings. The predicted octanol–water partition coefficient (Wildman–Crippen LogP) is 1.72. The largest absolute Gasteiger partial charge is 0.316 e. The SMILES string of the molecule is CC1CCCN(CC2CCNC2)C1C. The van der Waals surface area contributed by atoms with E-state index in [1.165, 1.54) is 45.4 Å². The van der Waals surface area contributed by atoms with Crippen molar-refractivity contribution in [3.63, 3.8) is 0 Å². The standard InChI is InChI=1S/C12H24N2/c1-10-4-3-7-14(11(10)2)9-12-5-6-13-8-12/h10-13H,3-9H2,1-2H3. The Morgan fingerprint density at radius 2 is 2.14 bits per heavy atom. The number of piperidine rings is 1. The van der Waals surface area contributed by atoms with Gasteiger partial charge in [-0.2, -0.15) is 0 Å². The topological polar surface area (TPSA) is 15.3 Å². The van der Waals surface area contributed by atoms with E-state index in [9.17, 15) is 0 Å². The molecule has 2 rings (SSSR count). The Balaban J connectivity index is 1.83. The molecule has 0 radical (unpaired) electrons. The predicted molar refractivity (Wildman–Crippen MR) is 60.4 cm³/mol. The Labute approximate surface area is 88.1 Å².